The Morgan fingerprint density at radius 1 is 1.37 bits per heavy atom. The third-order valence-electron chi connectivity index (χ3n) is 3.85. The molecule has 106 valence electrons. The Bertz CT molecular complexity index is 433. The molecule has 1 aromatic rings. The summed E-state index contributed by atoms with van der Waals surface area (Å²) in [5, 5.41) is 4.43. The van der Waals surface area contributed by atoms with Gasteiger partial charge in [0.1, 0.15) is 5.75 Å². The number of hydrogen-bond donors (Lipinski definition) is 1. The first-order valence-corrected chi connectivity index (χ1v) is 7.73. The molecule has 0 amide bonds. The van der Waals surface area contributed by atoms with Crippen LogP contribution < -0.4 is 10.1 Å². The largest absolute Gasteiger partial charge is 0.493 e. The predicted octanol–water partition coefficient (Wildman–Crippen LogP) is 4.36. The summed E-state index contributed by atoms with van der Waals surface area (Å²) in [6.07, 6.45) is 3.38. The molecule has 2 rings (SSSR count). The molecule has 0 spiro atoms. The second-order valence-corrected chi connectivity index (χ2v) is 5.82. The molecule has 1 aliphatic rings. The molecule has 0 radical (unpaired) electrons. The molecular weight excluding hydrogens is 258 g/mol. The van der Waals surface area contributed by atoms with Gasteiger partial charge in [-0.3, -0.25) is 0 Å². The van der Waals surface area contributed by atoms with Crippen LogP contribution in [-0.2, 0) is 6.42 Å². The zero-order valence-corrected chi connectivity index (χ0v) is 12.9. The molecular formula is C16H24ClNO. The molecule has 0 fully saturated rings. The second-order valence-electron chi connectivity index (χ2n) is 5.38. The predicted molar refractivity (Wildman–Crippen MR) is 81.1 cm³/mol. The van der Waals surface area contributed by atoms with Crippen LogP contribution in [0.5, 0.6) is 5.75 Å². The molecule has 2 atom stereocenters. The summed E-state index contributed by atoms with van der Waals surface area (Å²) in [7, 11) is 0. The first kappa shape index (κ1) is 14.7. The van der Waals surface area contributed by atoms with Crippen molar-refractivity contribution in [1.29, 1.82) is 0 Å². The van der Waals surface area contributed by atoms with E-state index < -0.39 is 0 Å². The highest BCUT2D eigenvalue weighted by Crippen LogP contribution is 2.39. The van der Waals surface area contributed by atoms with Crippen LogP contribution >= 0.6 is 11.6 Å². The van der Waals surface area contributed by atoms with Gasteiger partial charge in [0.25, 0.3) is 0 Å². The summed E-state index contributed by atoms with van der Waals surface area (Å²) >= 11 is 6.27. The zero-order chi connectivity index (χ0) is 13.8. The van der Waals surface area contributed by atoms with Gasteiger partial charge in [-0.1, -0.05) is 38.8 Å². The number of fused-ring (bicyclic) bond motifs is 1. The summed E-state index contributed by atoms with van der Waals surface area (Å²) in [6.45, 7) is 8.43. The third-order valence-corrected chi connectivity index (χ3v) is 4.07. The highest BCUT2D eigenvalue weighted by atomic mass is 35.5. The number of benzene rings is 1. The maximum atomic E-state index is 6.27. The fourth-order valence-corrected chi connectivity index (χ4v) is 3.24. The van der Waals surface area contributed by atoms with Crippen LogP contribution in [0.4, 0.5) is 0 Å². The minimum absolute atomic E-state index is 0.329. The zero-order valence-electron chi connectivity index (χ0n) is 12.1. The van der Waals surface area contributed by atoms with E-state index in [1.54, 1.807) is 0 Å². The van der Waals surface area contributed by atoms with Crippen LogP contribution in [0.1, 0.15) is 50.8 Å². The van der Waals surface area contributed by atoms with Crippen molar-refractivity contribution < 1.29 is 4.74 Å². The molecule has 19 heavy (non-hydrogen) atoms. The lowest BCUT2D eigenvalue weighted by Crippen LogP contribution is -2.27. The van der Waals surface area contributed by atoms with Crippen molar-refractivity contribution in [2.45, 2.75) is 46.1 Å². The molecule has 0 aliphatic carbocycles. The van der Waals surface area contributed by atoms with Gasteiger partial charge in [0.2, 0.25) is 0 Å². The smallest absolute Gasteiger partial charge is 0.127 e. The average Bonchev–Trinajstić information content (AvgIpc) is 2.83. The Balaban J connectivity index is 2.36. The van der Waals surface area contributed by atoms with E-state index in [1.165, 1.54) is 24.0 Å². The van der Waals surface area contributed by atoms with E-state index in [2.05, 4.69) is 32.2 Å². The van der Waals surface area contributed by atoms with Gasteiger partial charge in [0.15, 0.2) is 0 Å². The minimum Gasteiger partial charge on any atom is -0.493 e. The SMILES string of the molecule is CCCC(C)C(NCC)c1cc(Cl)cc2c1OCC2. The monoisotopic (exact) mass is 281 g/mol. The van der Waals surface area contributed by atoms with Gasteiger partial charge in [-0.2, -0.15) is 0 Å². The lowest BCUT2D eigenvalue weighted by Gasteiger charge is -2.26. The quantitative estimate of drug-likeness (QED) is 0.836. The van der Waals surface area contributed by atoms with E-state index in [9.17, 15) is 0 Å². The third kappa shape index (κ3) is 3.24. The molecule has 0 aromatic heterocycles. The van der Waals surface area contributed by atoms with Gasteiger partial charge in [-0.25, -0.2) is 0 Å². The fourth-order valence-electron chi connectivity index (χ4n) is 2.99. The van der Waals surface area contributed by atoms with Gasteiger partial charge in [-0.05, 0) is 36.6 Å². The van der Waals surface area contributed by atoms with E-state index >= 15 is 0 Å². The Hall–Kier alpha value is -0.730. The van der Waals surface area contributed by atoms with Crippen LogP contribution in [0.15, 0.2) is 12.1 Å². The standard InChI is InChI=1S/C16H24ClNO/c1-4-6-11(3)15(18-5-2)14-10-13(17)9-12-7-8-19-16(12)14/h9-11,15,18H,4-8H2,1-3H3. The molecule has 2 nitrogen and oxygen atoms in total. The maximum absolute atomic E-state index is 6.27. The molecule has 1 N–H and O–H groups in total. The van der Waals surface area contributed by atoms with E-state index in [1.807, 2.05) is 6.07 Å². The van der Waals surface area contributed by atoms with Gasteiger partial charge in [0.05, 0.1) is 6.61 Å². The van der Waals surface area contributed by atoms with Crippen molar-refractivity contribution >= 4 is 11.6 Å². The van der Waals surface area contributed by atoms with Gasteiger partial charge < -0.3 is 10.1 Å². The first-order valence-electron chi connectivity index (χ1n) is 7.35. The van der Waals surface area contributed by atoms with E-state index in [0.717, 1.165) is 30.3 Å². The van der Waals surface area contributed by atoms with E-state index in [-0.39, 0.29) is 0 Å². The molecule has 2 unspecified atom stereocenters. The molecule has 0 bridgehead atoms. The van der Waals surface area contributed by atoms with Crippen LogP contribution in [0.3, 0.4) is 0 Å². The summed E-state index contributed by atoms with van der Waals surface area (Å²) in [4.78, 5) is 0. The topological polar surface area (TPSA) is 21.3 Å². The molecule has 0 saturated heterocycles. The number of nitrogens with one attached hydrogen (secondary N) is 1. The van der Waals surface area contributed by atoms with E-state index in [0.29, 0.717) is 12.0 Å². The number of rotatable bonds is 6. The Morgan fingerprint density at radius 3 is 2.84 bits per heavy atom. The average molecular weight is 282 g/mol. The number of halogens is 1. The summed E-state index contributed by atoms with van der Waals surface area (Å²) < 4.78 is 5.84. The maximum Gasteiger partial charge on any atom is 0.127 e. The molecule has 1 aromatic carbocycles. The van der Waals surface area contributed by atoms with Crippen LogP contribution in [0.25, 0.3) is 0 Å². The van der Waals surface area contributed by atoms with Crippen molar-refractivity contribution in [1.82, 2.24) is 5.32 Å². The second kappa shape index (κ2) is 6.62. The fraction of sp³-hybridized carbons (Fsp3) is 0.625. The molecule has 3 heteroatoms. The number of ether oxygens (including phenoxy) is 1. The van der Waals surface area contributed by atoms with Gasteiger partial charge in [-0.15, -0.1) is 0 Å². The van der Waals surface area contributed by atoms with Crippen molar-refractivity contribution in [2.75, 3.05) is 13.2 Å². The molecule has 1 heterocycles. The Labute approximate surface area is 121 Å². The highest BCUT2D eigenvalue weighted by molar-refractivity contribution is 6.30. The van der Waals surface area contributed by atoms with E-state index in [4.69, 9.17) is 16.3 Å². The van der Waals surface area contributed by atoms with Crippen LogP contribution in [0, 0.1) is 5.92 Å². The summed E-state index contributed by atoms with van der Waals surface area (Å²) in [6, 6.07) is 4.45. The van der Waals surface area contributed by atoms with Gasteiger partial charge in [0, 0.05) is 23.0 Å². The van der Waals surface area contributed by atoms with Crippen LogP contribution in [-0.4, -0.2) is 13.2 Å². The normalized spacial score (nSPS) is 16.8. The van der Waals surface area contributed by atoms with Crippen molar-refractivity contribution in [3.8, 4) is 5.75 Å². The summed E-state index contributed by atoms with van der Waals surface area (Å²) in [5.41, 5.74) is 2.50. The minimum atomic E-state index is 0.329. The van der Waals surface area contributed by atoms with Gasteiger partial charge >= 0.3 is 0 Å². The number of hydrogen-bond acceptors (Lipinski definition) is 2. The van der Waals surface area contributed by atoms with Crippen molar-refractivity contribution in [3.63, 3.8) is 0 Å². The highest BCUT2D eigenvalue weighted by Gasteiger charge is 2.26. The Kier molecular flexibility index (Phi) is 5.12. The Morgan fingerprint density at radius 2 is 2.16 bits per heavy atom. The lowest BCUT2D eigenvalue weighted by atomic mass is 9.89. The lowest BCUT2D eigenvalue weighted by molar-refractivity contribution is 0.327. The molecule has 0 saturated carbocycles. The molecule has 1 aliphatic heterocycles. The van der Waals surface area contributed by atoms with Crippen LogP contribution in [0.2, 0.25) is 5.02 Å². The summed E-state index contributed by atoms with van der Waals surface area (Å²) in [5.74, 6) is 1.65. The first-order chi connectivity index (χ1) is 9.17. The van der Waals surface area contributed by atoms with Crippen molar-refractivity contribution in [3.05, 3.63) is 28.3 Å². The van der Waals surface area contributed by atoms with Crippen molar-refractivity contribution in [2.24, 2.45) is 5.92 Å².